The van der Waals surface area contributed by atoms with Crippen LogP contribution in [-0.2, 0) is 20.7 Å². The van der Waals surface area contributed by atoms with Crippen molar-refractivity contribution in [2.45, 2.75) is 37.5 Å². The largest absolute Gasteiger partial charge is 0.379 e. The Morgan fingerprint density at radius 3 is 3.13 bits per heavy atom. The molecule has 0 unspecified atom stereocenters. The molecule has 0 bridgehead atoms. The molecule has 0 spiro atoms. The molecule has 2 aliphatic heterocycles. The number of likely N-dealkylation sites (tertiary alicyclic amines) is 1. The maximum atomic E-state index is 12.9. The van der Waals surface area contributed by atoms with E-state index < -0.39 is 0 Å². The van der Waals surface area contributed by atoms with Gasteiger partial charge in [-0.2, -0.15) is 0 Å². The predicted octanol–water partition coefficient (Wildman–Crippen LogP) is 2.85. The minimum atomic E-state index is 0.0388. The van der Waals surface area contributed by atoms with Crippen LogP contribution in [0.4, 0.5) is 0 Å². The van der Waals surface area contributed by atoms with E-state index in [-0.39, 0.29) is 24.2 Å². The van der Waals surface area contributed by atoms with E-state index >= 15 is 0 Å². The molecule has 3 atom stereocenters. The zero-order valence-electron chi connectivity index (χ0n) is 13.2. The molecule has 1 aromatic heterocycles. The highest BCUT2D eigenvalue weighted by molar-refractivity contribution is 7.17. The molecule has 5 heteroatoms. The second-order valence-corrected chi connectivity index (χ2v) is 7.19. The number of nitrogens with zero attached hydrogens (tertiary/aromatic N) is 1. The summed E-state index contributed by atoms with van der Waals surface area (Å²) in [5, 5.41) is 3.32. The van der Waals surface area contributed by atoms with E-state index in [0.29, 0.717) is 6.42 Å². The minimum absolute atomic E-state index is 0.0388. The van der Waals surface area contributed by atoms with E-state index in [1.807, 2.05) is 17.0 Å². The lowest BCUT2D eigenvalue weighted by atomic mass is 9.95. The zero-order chi connectivity index (χ0) is 15.8. The van der Waals surface area contributed by atoms with Gasteiger partial charge < -0.3 is 14.4 Å². The predicted molar refractivity (Wildman–Crippen MR) is 90.8 cm³/mol. The Balaban J connectivity index is 1.53. The van der Waals surface area contributed by atoms with Crippen LogP contribution < -0.4 is 0 Å². The third kappa shape index (κ3) is 2.67. The van der Waals surface area contributed by atoms with Gasteiger partial charge in [0.15, 0.2) is 0 Å². The fourth-order valence-electron chi connectivity index (χ4n) is 3.88. The van der Waals surface area contributed by atoms with Crippen LogP contribution in [0.15, 0.2) is 29.6 Å². The van der Waals surface area contributed by atoms with Crippen molar-refractivity contribution >= 4 is 27.3 Å². The monoisotopic (exact) mass is 331 g/mol. The molecular weight excluding hydrogens is 310 g/mol. The van der Waals surface area contributed by atoms with Crippen LogP contribution in [0.25, 0.3) is 10.1 Å². The molecule has 0 radical (unpaired) electrons. The summed E-state index contributed by atoms with van der Waals surface area (Å²) in [5.41, 5.74) is 1.14. The van der Waals surface area contributed by atoms with Gasteiger partial charge in [0, 0.05) is 25.0 Å². The van der Waals surface area contributed by atoms with Crippen LogP contribution in [0.1, 0.15) is 18.4 Å². The van der Waals surface area contributed by atoms with Gasteiger partial charge >= 0.3 is 0 Å². The molecule has 122 valence electrons. The molecule has 0 aliphatic carbocycles. The number of hydrogen-bond acceptors (Lipinski definition) is 4. The molecule has 0 saturated carbocycles. The van der Waals surface area contributed by atoms with Crippen LogP contribution >= 0.6 is 11.3 Å². The van der Waals surface area contributed by atoms with Crippen molar-refractivity contribution in [3.05, 3.63) is 35.2 Å². The third-order valence-corrected chi connectivity index (χ3v) is 6.06. The van der Waals surface area contributed by atoms with Crippen molar-refractivity contribution < 1.29 is 14.3 Å². The first kappa shape index (κ1) is 15.1. The van der Waals surface area contributed by atoms with Gasteiger partial charge in [-0.15, -0.1) is 11.3 Å². The number of ether oxygens (including phenoxy) is 2. The van der Waals surface area contributed by atoms with Gasteiger partial charge in [-0.25, -0.2) is 0 Å². The summed E-state index contributed by atoms with van der Waals surface area (Å²) in [7, 11) is 1.73. The summed E-state index contributed by atoms with van der Waals surface area (Å²) >= 11 is 1.71. The van der Waals surface area contributed by atoms with Gasteiger partial charge in [0.25, 0.3) is 0 Å². The molecule has 4 rings (SSSR count). The van der Waals surface area contributed by atoms with Crippen LogP contribution in [-0.4, -0.2) is 49.3 Å². The molecule has 1 aromatic carbocycles. The van der Waals surface area contributed by atoms with E-state index in [0.717, 1.165) is 31.6 Å². The topological polar surface area (TPSA) is 38.8 Å². The summed E-state index contributed by atoms with van der Waals surface area (Å²) < 4.78 is 12.6. The lowest BCUT2D eigenvalue weighted by Crippen LogP contribution is -2.55. The third-order valence-electron chi connectivity index (χ3n) is 5.05. The number of carbonyl (C=O) groups is 1. The maximum Gasteiger partial charge on any atom is 0.227 e. The zero-order valence-corrected chi connectivity index (χ0v) is 14.1. The number of benzene rings is 1. The Morgan fingerprint density at radius 2 is 2.26 bits per heavy atom. The van der Waals surface area contributed by atoms with Gasteiger partial charge in [0.1, 0.15) is 6.10 Å². The summed E-state index contributed by atoms with van der Waals surface area (Å²) in [6.45, 7) is 1.49. The van der Waals surface area contributed by atoms with E-state index in [1.165, 1.54) is 10.1 Å². The molecule has 1 amide bonds. The number of hydrogen-bond donors (Lipinski definition) is 0. The Morgan fingerprint density at radius 1 is 1.39 bits per heavy atom. The van der Waals surface area contributed by atoms with Gasteiger partial charge in [-0.1, -0.05) is 18.2 Å². The van der Waals surface area contributed by atoms with Gasteiger partial charge in [0.2, 0.25) is 5.91 Å². The lowest BCUT2D eigenvalue weighted by Gasteiger charge is -2.40. The molecule has 2 aromatic rings. The number of thiophene rings is 1. The van der Waals surface area contributed by atoms with Gasteiger partial charge in [-0.05, 0) is 35.2 Å². The summed E-state index contributed by atoms with van der Waals surface area (Å²) in [6, 6.07) is 8.46. The fraction of sp³-hybridized carbons (Fsp3) is 0.500. The second-order valence-electron chi connectivity index (χ2n) is 6.28. The van der Waals surface area contributed by atoms with E-state index in [9.17, 15) is 4.79 Å². The Bertz CT molecular complexity index is 713. The highest BCUT2D eigenvalue weighted by atomic mass is 32.1. The fourth-order valence-corrected chi connectivity index (χ4v) is 4.84. The van der Waals surface area contributed by atoms with E-state index in [4.69, 9.17) is 9.47 Å². The smallest absolute Gasteiger partial charge is 0.227 e. The van der Waals surface area contributed by atoms with Crippen molar-refractivity contribution in [2.24, 2.45) is 0 Å². The van der Waals surface area contributed by atoms with Crippen LogP contribution in [0, 0.1) is 0 Å². The molecule has 23 heavy (non-hydrogen) atoms. The lowest BCUT2D eigenvalue weighted by molar-refractivity contribution is -0.142. The molecule has 2 aliphatic rings. The van der Waals surface area contributed by atoms with Crippen molar-refractivity contribution in [3.63, 3.8) is 0 Å². The minimum Gasteiger partial charge on any atom is -0.379 e. The van der Waals surface area contributed by atoms with Crippen LogP contribution in [0.3, 0.4) is 0 Å². The average molecular weight is 331 g/mol. The van der Waals surface area contributed by atoms with E-state index in [2.05, 4.69) is 17.5 Å². The van der Waals surface area contributed by atoms with Crippen molar-refractivity contribution in [1.82, 2.24) is 4.90 Å². The first-order valence-corrected chi connectivity index (χ1v) is 9.05. The number of fused-ring (bicyclic) bond motifs is 2. The number of rotatable bonds is 3. The molecule has 0 N–H and O–H groups in total. The quantitative estimate of drug-likeness (QED) is 0.868. The molecule has 2 fully saturated rings. The standard InChI is InChI=1S/C18H21NO3S/c1-21-15-6-8-19(14-7-9-22-18(14)15)17(20)10-12-11-23-16-5-3-2-4-13(12)16/h2-5,11,14-15,18H,6-10H2,1H3/t14-,15+,18-/m0/s1. The highest BCUT2D eigenvalue weighted by Gasteiger charge is 2.44. The van der Waals surface area contributed by atoms with Crippen molar-refractivity contribution in [2.75, 3.05) is 20.3 Å². The van der Waals surface area contributed by atoms with E-state index in [1.54, 1.807) is 18.4 Å². The van der Waals surface area contributed by atoms with Crippen molar-refractivity contribution in [3.8, 4) is 0 Å². The van der Waals surface area contributed by atoms with Gasteiger partial charge in [-0.3, -0.25) is 4.79 Å². The Hall–Kier alpha value is -1.43. The number of methoxy groups -OCH3 is 1. The average Bonchev–Trinajstić information content (AvgIpc) is 3.21. The highest BCUT2D eigenvalue weighted by Crippen LogP contribution is 2.32. The molecular formula is C18H21NO3S. The number of piperidine rings is 1. The first-order valence-electron chi connectivity index (χ1n) is 8.17. The summed E-state index contributed by atoms with van der Waals surface area (Å²) in [5.74, 6) is 0.212. The first-order chi connectivity index (χ1) is 11.3. The Labute approximate surface area is 140 Å². The second kappa shape index (κ2) is 6.23. The molecule has 3 heterocycles. The summed E-state index contributed by atoms with van der Waals surface area (Å²) in [6.07, 6.45) is 2.41. The van der Waals surface area contributed by atoms with Crippen LogP contribution in [0.5, 0.6) is 0 Å². The summed E-state index contributed by atoms with van der Waals surface area (Å²) in [4.78, 5) is 14.9. The number of amides is 1. The SMILES string of the molecule is CO[C@@H]1CCN(C(=O)Cc2csc3ccccc23)[C@H]2CCO[C@H]12. The normalized spacial score (nSPS) is 27.3. The molecule has 4 nitrogen and oxygen atoms in total. The van der Waals surface area contributed by atoms with Gasteiger partial charge in [0.05, 0.1) is 18.6 Å². The van der Waals surface area contributed by atoms with Crippen LogP contribution in [0.2, 0.25) is 0 Å². The maximum absolute atomic E-state index is 12.9. The van der Waals surface area contributed by atoms with Crippen molar-refractivity contribution in [1.29, 1.82) is 0 Å². The molecule has 2 saturated heterocycles. The number of carbonyl (C=O) groups excluding carboxylic acids is 1. The Kier molecular flexibility index (Phi) is 4.09.